The van der Waals surface area contributed by atoms with Crippen LogP contribution in [0.5, 0.6) is 0 Å². The number of likely N-dealkylation sites (tertiary alicyclic amines) is 1. The molecule has 2 aliphatic rings. The number of ether oxygens (including phenoxy) is 1. The summed E-state index contributed by atoms with van der Waals surface area (Å²) in [4.78, 5) is 14.3. The van der Waals surface area contributed by atoms with E-state index in [-0.39, 0.29) is 0 Å². The van der Waals surface area contributed by atoms with Gasteiger partial charge < -0.3 is 15.0 Å². The molecule has 0 aromatic carbocycles. The lowest BCUT2D eigenvalue weighted by Gasteiger charge is -2.32. The fourth-order valence-corrected chi connectivity index (χ4v) is 3.16. The molecule has 0 saturated carbocycles. The first-order valence-corrected chi connectivity index (χ1v) is 7.90. The lowest BCUT2D eigenvalue weighted by molar-refractivity contribution is -0.132. The number of rotatable bonds is 5. The largest absolute Gasteiger partial charge is 0.381 e. The monoisotopic (exact) mass is 268 g/mol. The van der Waals surface area contributed by atoms with Gasteiger partial charge in [-0.15, -0.1) is 0 Å². The minimum atomic E-state index is 0.349. The van der Waals surface area contributed by atoms with Crippen LogP contribution in [-0.2, 0) is 9.53 Å². The van der Waals surface area contributed by atoms with E-state index >= 15 is 0 Å². The Bertz CT molecular complexity index is 277. The van der Waals surface area contributed by atoms with E-state index in [4.69, 9.17) is 4.74 Å². The van der Waals surface area contributed by atoms with Crippen molar-refractivity contribution in [3.63, 3.8) is 0 Å². The Kier molecular flexibility index (Phi) is 6.11. The number of nitrogens with one attached hydrogen (secondary N) is 1. The molecule has 2 heterocycles. The van der Waals surface area contributed by atoms with Crippen molar-refractivity contribution in [1.29, 1.82) is 0 Å². The highest BCUT2D eigenvalue weighted by Crippen LogP contribution is 2.19. The zero-order valence-corrected chi connectivity index (χ0v) is 12.2. The van der Waals surface area contributed by atoms with Crippen LogP contribution in [0.15, 0.2) is 0 Å². The van der Waals surface area contributed by atoms with Crippen molar-refractivity contribution in [2.45, 2.75) is 51.5 Å². The van der Waals surface area contributed by atoms with Crippen LogP contribution in [0.2, 0.25) is 0 Å². The number of carbonyl (C=O) groups excluding carboxylic acids is 1. The molecule has 0 aromatic rings. The Morgan fingerprint density at radius 3 is 2.95 bits per heavy atom. The second-order valence-corrected chi connectivity index (χ2v) is 5.79. The summed E-state index contributed by atoms with van der Waals surface area (Å²) >= 11 is 0. The van der Waals surface area contributed by atoms with E-state index in [2.05, 4.69) is 17.1 Å². The number of nitrogens with zero attached hydrogens (tertiary/aromatic N) is 1. The van der Waals surface area contributed by atoms with Crippen molar-refractivity contribution >= 4 is 5.91 Å². The van der Waals surface area contributed by atoms with Gasteiger partial charge in [-0.25, -0.2) is 0 Å². The molecular formula is C15H28N2O2. The lowest BCUT2D eigenvalue weighted by Crippen LogP contribution is -2.48. The van der Waals surface area contributed by atoms with Gasteiger partial charge in [0.1, 0.15) is 0 Å². The summed E-state index contributed by atoms with van der Waals surface area (Å²) in [5, 5.41) is 3.55. The highest BCUT2D eigenvalue weighted by Gasteiger charge is 2.28. The van der Waals surface area contributed by atoms with Crippen LogP contribution < -0.4 is 5.32 Å². The van der Waals surface area contributed by atoms with E-state index in [0.717, 1.165) is 58.5 Å². The Morgan fingerprint density at radius 1 is 1.37 bits per heavy atom. The minimum Gasteiger partial charge on any atom is -0.381 e. The van der Waals surface area contributed by atoms with E-state index in [1.54, 1.807) is 0 Å². The number of hydrogen-bond acceptors (Lipinski definition) is 3. The van der Waals surface area contributed by atoms with Gasteiger partial charge in [0.15, 0.2) is 0 Å². The maximum Gasteiger partial charge on any atom is 0.222 e. The first kappa shape index (κ1) is 14.8. The molecule has 1 amide bonds. The van der Waals surface area contributed by atoms with Crippen LogP contribution in [0.4, 0.5) is 0 Å². The van der Waals surface area contributed by atoms with Crippen molar-refractivity contribution in [2.24, 2.45) is 5.92 Å². The molecule has 0 spiro atoms. The number of amides is 1. The second kappa shape index (κ2) is 7.85. The summed E-state index contributed by atoms with van der Waals surface area (Å²) in [5.41, 5.74) is 0. The highest BCUT2D eigenvalue weighted by atomic mass is 16.5. The van der Waals surface area contributed by atoms with Crippen LogP contribution >= 0.6 is 0 Å². The second-order valence-electron chi connectivity index (χ2n) is 5.79. The molecule has 1 N–H and O–H groups in total. The zero-order valence-electron chi connectivity index (χ0n) is 12.2. The van der Waals surface area contributed by atoms with Crippen LogP contribution in [0, 0.1) is 5.92 Å². The maximum atomic E-state index is 12.2. The predicted molar refractivity (Wildman–Crippen MR) is 76.1 cm³/mol. The molecule has 2 aliphatic heterocycles. The third-order valence-corrected chi connectivity index (χ3v) is 4.34. The molecule has 0 aliphatic carbocycles. The number of carbonyl (C=O) groups is 1. The standard InChI is InChI=1S/C15H28N2O2/c1-2-16-14(13-8-10-19-12-13)11-17-9-6-4-3-5-7-15(17)18/h13-14,16H,2-12H2,1H3. The molecular weight excluding hydrogens is 240 g/mol. The van der Waals surface area contributed by atoms with Gasteiger partial charge in [-0.05, 0) is 25.8 Å². The molecule has 0 radical (unpaired) electrons. The lowest BCUT2D eigenvalue weighted by atomic mass is 9.97. The van der Waals surface area contributed by atoms with E-state index in [9.17, 15) is 4.79 Å². The summed E-state index contributed by atoms with van der Waals surface area (Å²) in [6.45, 7) is 6.62. The SMILES string of the molecule is CCNC(CN1CCCCCCC1=O)C1CCOC1. The molecule has 110 valence electrons. The van der Waals surface area contributed by atoms with Gasteiger partial charge in [-0.3, -0.25) is 4.79 Å². The summed E-state index contributed by atoms with van der Waals surface area (Å²) < 4.78 is 5.50. The molecule has 19 heavy (non-hydrogen) atoms. The first-order valence-electron chi connectivity index (χ1n) is 7.90. The Morgan fingerprint density at radius 2 is 2.21 bits per heavy atom. The molecule has 4 nitrogen and oxygen atoms in total. The molecule has 2 fully saturated rings. The van der Waals surface area contributed by atoms with E-state index in [1.165, 1.54) is 12.8 Å². The van der Waals surface area contributed by atoms with E-state index < -0.39 is 0 Å². The molecule has 4 heteroatoms. The van der Waals surface area contributed by atoms with Gasteiger partial charge in [0.05, 0.1) is 6.61 Å². The van der Waals surface area contributed by atoms with E-state index in [0.29, 0.717) is 17.9 Å². The smallest absolute Gasteiger partial charge is 0.222 e. The Balaban J connectivity index is 1.91. The first-order chi connectivity index (χ1) is 9.31. The predicted octanol–water partition coefficient (Wildman–Crippen LogP) is 1.79. The van der Waals surface area contributed by atoms with Crippen molar-refractivity contribution < 1.29 is 9.53 Å². The van der Waals surface area contributed by atoms with Crippen molar-refractivity contribution in [3.05, 3.63) is 0 Å². The van der Waals surface area contributed by atoms with Gasteiger partial charge in [-0.2, -0.15) is 0 Å². The van der Waals surface area contributed by atoms with Crippen LogP contribution in [0.1, 0.15) is 45.4 Å². The maximum absolute atomic E-state index is 12.2. The molecule has 2 rings (SSSR count). The zero-order chi connectivity index (χ0) is 13.5. The average molecular weight is 268 g/mol. The van der Waals surface area contributed by atoms with Crippen molar-refractivity contribution in [2.75, 3.05) is 32.8 Å². The minimum absolute atomic E-state index is 0.349. The molecule has 2 saturated heterocycles. The number of likely N-dealkylation sites (N-methyl/N-ethyl adjacent to an activating group) is 1. The van der Waals surface area contributed by atoms with Gasteiger partial charge in [0.2, 0.25) is 5.91 Å². The molecule has 0 aromatic heterocycles. The summed E-state index contributed by atoms with van der Waals surface area (Å²) in [6.07, 6.45) is 6.56. The van der Waals surface area contributed by atoms with E-state index in [1.807, 2.05) is 0 Å². The van der Waals surface area contributed by atoms with Crippen molar-refractivity contribution in [3.8, 4) is 0 Å². The summed E-state index contributed by atoms with van der Waals surface area (Å²) in [6, 6.07) is 0.399. The topological polar surface area (TPSA) is 41.6 Å². The Labute approximate surface area is 116 Å². The number of hydrogen-bond donors (Lipinski definition) is 1. The third kappa shape index (κ3) is 4.46. The average Bonchev–Trinajstić information content (AvgIpc) is 2.91. The van der Waals surface area contributed by atoms with Gasteiger partial charge in [0.25, 0.3) is 0 Å². The summed E-state index contributed by atoms with van der Waals surface area (Å²) in [5.74, 6) is 0.916. The van der Waals surface area contributed by atoms with Crippen molar-refractivity contribution in [1.82, 2.24) is 10.2 Å². The van der Waals surface area contributed by atoms with Crippen LogP contribution in [0.25, 0.3) is 0 Å². The highest BCUT2D eigenvalue weighted by molar-refractivity contribution is 5.76. The summed E-state index contributed by atoms with van der Waals surface area (Å²) in [7, 11) is 0. The molecule has 0 bridgehead atoms. The fraction of sp³-hybridized carbons (Fsp3) is 0.933. The van der Waals surface area contributed by atoms with Crippen LogP contribution in [-0.4, -0.2) is 49.7 Å². The molecule has 2 atom stereocenters. The van der Waals surface area contributed by atoms with Gasteiger partial charge in [0, 0.05) is 38.1 Å². The van der Waals surface area contributed by atoms with Crippen LogP contribution in [0.3, 0.4) is 0 Å². The van der Waals surface area contributed by atoms with Gasteiger partial charge in [-0.1, -0.05) is 19.8 Å². The normalized spacial score (nSPS) is 27.1. The fourth-order valence-electron chi connectivity index (χ4n) is 3.16. The third-order valence-electron chi connectivity index (χ3n) is 4.34. The quantitative estimate of drug-likeness (QED) is 0.826. The Hall–Kier alpha value is -0.610. The molecule has 2 unspecified atom stereocenters. The van der Waals surface area contributed by atoms with Gasteiger partial charge >= 0.3 is 0 Å².